The number of likely N-dealkylation sites (N-methyl/N-ethyl adjacent to an activating group) is 1. The molecule has 1 aromatic carbocycles. The van der Waals surface area contributed by atoms with Crippen molar-refractivity contribution in [2.45, 2.75) is 4.21 Å². The number of thiophene rings is 1. The van der Waals surface area contributed by atoms with Crippen LogP contribution in [0.2, 0.25) is 0 Å². The summed E-state index contributed by atoms with van der Waals surface area (Å²) in [5, 5.41) is 8.83. The number of rotatable bonds is 8. The van der Waals surface area contributed by atoms with E-state index in [1.165, 1.54) is 39.5 Å². The summed E-state index contributed by atoms with van der Waals surface area (Å²) in [7, 11) is 0.395. The van der Waals surface area contributed by atoms with Crippen LogP contribution >= 0.6 is 11.3 Å². The van der Waals surface area contributed by atoms with E-state index in [9.17, 15) is 18.0 Å². The Labute approximate surface area is 182 Å². The number of H-pyrrole nitrogens is 1. The molecule has 1 amide bonds. The molecular formula is C19H20N4O6S2. The summed E-state index contributed by atoms with van der Waals surface area (Å²) in [4.78, 5) is 24.1. The van der Waals surface area contributed by atoms with Gasteiger partial charge in [-0.3, -0.25) is 9.59 Å². The van der Waals surface area contributed by atoms with Crippen molar-refractivity contribution in [3.05, 3.63) is 52.8 Å². The van der Waals surface area contributed by atoms with Crippen LogP contribution in [0.4, 0.5) is 5.69 Å². The Morgan fingerprint density at radius 3 is 2.52 bits per heavy atom. The van der Waals surface area contributed by atoms with Crippen LogP contribution in [0.1, 0.15) is 0 Å². The van der Waals surface area contributed by atoms with Gasteiger partial charge in [0.25, 0.3) is 15.6 Å². The monoisotopic (exact) mass is 464 g/mol. The van der Waals surface area contributed by atoms with Crippen molar-refractivity contribution in [2.75, 3.05) is 33.1 Å². The van der Waals surface area contributed by atoms with Crippen molar-refractivity contribution in [2.24, 2.45) is 0 Å². The third-order valence-corrected chi connectivity index (χ3v) is 7.59. The van der Waals surface area contributed by atoms with E-state index in [-0.39, 0.29) is 16.3 Å². The average Bonchev–Trinajstić information content (AvgIpc) is 3.25. The number of methoxy groups -OCH3 is 2. The molecule has 2 aromatic heterocycles. The molecule has 164 valence electrons. The third kappa shape index (κ3) is 5.10. The minimum Gasteiger partial charge on any atom is -0.493 e. The first-order chi connectivity index (χ1) is 14.7. The minimum atomic E-state index is -3.90. The molecule has 0 spiro atoms. The molecule has 0 radical (unpaired) electrons. The van der Waals surface area contributed by atoms with Gasteiger partial charge in [-0.15, -0.1) is 11.3 Å². The highest BCUT2D eigenvalue weighted by Crippen LogP contribution is 2.31. The summed E-state index contributed by atoms with van der Waals surface area (Å²) in [6, 6.07) is 10.7. The number of sulfonamides is 1. The molecule has 0 aliphatic heterocycles. The number of aromatic nitrogens is 2. The van der Waals surface area contributed by atoms with Crippen molar-refractivity contribution in [1.29, 1.82) is 0 Å². The Hall–Kier alpha value is -3.22. The van der Waals surface area contributed by atoms with Gasteiger partial charge < -0.3 is 14.8 Å². The molecule has 10 nitrogen and oxygen atoms in total. The number of nitrogens with one attached hydrogen (secondary N) is 2. The summed E-state index contributed by atoms with van der Waals surface area (Å²) in [5.41, 5.74) is 0.532. The molecule has 3 aromatic rings. The molecule has 0 aliphatic carbocycles. The number of anilines is 1. The second-order valence-electron chi connectivity index (χ2n) is 6.30. The number of amides is 1. The van der Waals surface area contributed by atoms with Crippen LogP contribution in [-0.4, -0.2) is 56.6 Å². The van der Waals surface area contributed by atoms with Crippen LogP contribution in [-0.2, 0) is 14.8 Å². The fourth-order valence-corrected chi connectivity index (χ4v) is 5.25. The number of hydrogen-bond acceptors (Lipinski definition) is 8. The van der Waals surface area contributed by atoms with E-state index in [2.05, 4.69) is 15.5 Å². The Morgan fingerprint density at radius 2 is 1.87 bits per heavy atom. The number of carbonyl (C=O) groups is 1. The van der Waals surface area contributed by atoms with Gasteiger partial charge in [0.15, 0.2) is 11.5 Å². The molecule has 0 unspecified atom stereocenters. The van der Waals surface area contributed by atoms with Gasteiger partial charge >= 0.3 is 0 Å². The highest BCUT2D eigenvalue weighted by molar-refractivity contribution is 7.91. The topological polar surface area (TPSA) is 131 Å². The Balaban J connectivity index is 1.70. The van der Waals surface area contributed by atoms with E-state index >= 15 is 0 Å². The third-order valence-electron chi connectivity index (χ3n) is 4.21. The predicted octanol–water partition coefficient (Wildman–Crippen LogP) is 1.77. The fraction of sp³-hybridized carbons (Fsp3) is 0.211. The van der Waals surface area contributed by atoms with Gasteiger partial charge in [0.05, 0.1) is 25.6 Å². The van der Waals surface area contributed by atoms with Gasteiger partial charge in [-0.25, -0.2) is 13.5 Å². The Morgan fingerprint density at radius 1 is 1.13 bits per heavy atom. The zero-order valence-corrected chi connectivity index (χ0v) is 18.5. The lowest BCUT2D eigenvalue weighted by Gasteiger charge is -2.16. The van der Waals surface area contributed by atoms with Gasteiger partial charge in [-0.1, -0.05) is 0 Å². The van der Waals surface area contributed by atoms with Crippen molar-refractivity contribution in [3.63, 3.8) is 0 Å². The Bertz CT molecular complexity index is 1230. The predicted molar refractivity (Wildman–Crippen MR) is 116 cm³/mol. The number of aromatic amines is 1. The normalized spacial score (nSPS) is 11.4. The van der Waals surface area contributed by atoms with Gasteiger partial charge in [0.1, 0.15) is 9.90 Å². The van der Waals surface area contributed by atoms with Crippen molar-refractivity contribution >= 4 is 33.0 Å². The molecule has 12 heteroatoms. The van der Waals surface area contributed by atoms with E-state index in [0.717, 1.165) is 15.6 Å². The molecule has 3 rings (SSSR count). The first-order valence-electron chi connectivity index (χ1n) is 8.88. The smallest absolute Gasteiger partial charge is 0.264 e. The molecule has 0 atom stereocenters. The fourth-order valence-electron chi connectivity index (χ4n) is 2.63. The zero-order valence-electron chi connectivity index (χ0n) is 16.9. The SMILES string of the molecule is COc1ccc(NC(=O)CN(C)S(=O)(=O)c2ccc(-c3ccc(=O)[nH]n3)s2)cc1OC. The quantitative estimate of drug-likeness (QED) is 0.519. The van der Waals surface area contributed by atoms with E-state index < -0.39 is 15.9 Å². The molecule has 0 bridgehead atoms. The molecular weight excluding hydrogens is 444 g/mol. The minimum absolute atomic E-state index is 0.0527. The first-order valence-corrected chi connectivity index (χ1v) is 11.1. The molecule has 0 fully saturated rings. The maximum atomic E-state index is 12.8. The molecule has 0 saturated heterocycles. The number of hydrogen-bond donors (Lipinski definition) is 2. The van der Waals surface area contributed by atoms with E-state index in [0.29, 0.717) is 27.8 Å². The lowest BCUT2D eigenvalue weighted by Crippen LogP contribution is -2.34. The number of nitrogens with zero attached hydrogens (tertiary/aromatic N) is 2. The first kappa shape index (κ1) is 22.5. The van der Waals surface area contributed by atoms with Crippen molar-refractivity contribution in [3.8, 4) is 22.1 Å². The van der Waals surface area contributed by atoms with E-state index in [1.807, 2.05) is 0 Å². The molecule has 2 heterocycles. The molecule has 0 saturated carbocycles. The zero-order chi connectivity index (χ0) is 22.6. The van der Waals surface area contributed by atoms with Crippen molar-refractivity contribution < 1.29 is 22.7 Å². The summed E-state index contributed by atoms with van der Waals surface area (Å²) in [6.07, 6.45) is 0. The van der Waals surface area contributed by atoms with Gasteiger partial charge in [0.2, 0.25) is 5.91 Å². The van der Waals surface area contributed by atoms with Gasteiger partial charge in [0, 0.05) is 24.9 Å². The van der Waals surface area contributed by atoms with Crippen molar-refractivity contribution in [1.82, 2.24) is 14.5 Å². The second-order valence-corrected chi connectivity index (χ2v) is 9.66. The van der Waals surface area contributed by atoms with Crippen LogP contribution in [0.25, 0.3) is 10.6 Å². The van der Waals surface area contributed by atoms with Crippen LogP contribution in [0.15, 0.2) is 51.5 Å². The number of carbonyl (C=O) groups excluding carboxylic acids is 1. The average molecular weight is 465 g/mol. The van der Waals surface area contributed by atoms with Gasteiger partial charge in [-0.2, -0.15) is 9.40 Å². The molecule has 31 heavy (non-hydrogen) atoms. The summed E-state index contributed by atoms with van der Waals surface area (Å²) in [6.45, 7) is -0.388. The summed E-state index contributed by atoms with van der Waals surface area (Å²) in [5.74, 6) is 0.423. The summed E-state index contributed by atoms with van der Waals surface area (Å²) >= 11 is 0.991. The highest BCUT2D eigenvalue weighted by Gasteiger charge is 2.25. The Kier molecular flexibility index (Phi) is 6.73. The maximum Gasteiger partial charge on any atom is 0.264 e. The second kappa shape index (κ2) is 9.29. The summed E-state index contributed by atoms with van der Waals surface area (Å²) < 4.78 is 37.0. The number of benzene rings is 1. The van der Waals surface area contributed by atoms with E-state index in [1.54, 1.807) is 24.3 Å². The van der Waals surface area contributed by atoms with Crippen LogP contribution < -0.4 is 20.3 Å². The largest absolute Gasteiger partial charge is 0.493 e. The maximum absolute atomic E-state index is 12.8. The van der Waals surface area contributed by atoms with Crippen LogP contribution in [0.3, 0.4) is 0 Å². The van der Waals surface area contributed by atoms with Crippen LogP contribution in [0.5, 0.6) is 11.5 Å². The standard InChI is InChI=1S/C19H20N4O6S2/c1-23(11-18(25)20-12-4-6-14(28-2)15(10-12)29-3)31(26,27)19-9-7-16(30-19)13-5-8-17(24)22-21-13/h4-10H,11H2,1-3H3,(H,20,25)(H,22,24). The molecule has 2 N–H and O–H groups in total. The lowest BCUT2D eigenvalue weighted by atomic mass is 10.2. The number of ether oxygens (including phenoxy) is 2. The highest BCUT2D eigenvalue weighted by atomic mass is 32.2. The van der Waals surface area contributed by atoms with Gasteiger partial charge in [-0.05, 0) is 30.3 Å². The van der Waals surface area contributed by atoms with E-state index in [4.69, 9.17) is 9.47 Å². The van der Waals surface area contributed by atoms with Crippen LogP contribution in [0, 0.1) is 0 Å². The molecule has 0 aliphatic rings. The lowest BCUT2D eigenvalue weighted by molar-refractivity contribution is -0.116.